The van der Waals surface area contributed by atoms with E-state index in [9.17, 15) is 14.9 Å². The number of benzene rings is 1. The molecule has 0 aromatic heterocycles. The number of nitro groups is 1. The second-order valence-electron chi connectivity index (χ2n) is 8.17. The monoisotopic (exact) mass is 413 g/mol. The minimum Gasteiger partial charge on any atom is -0.369 e. The summed E-state index contributed by atoms with van der Waals surface area (Å²) >= 11 is 0. The normalized spacial score (nSPS) is 21.2. The van der Waals surface area contributed by atoms with Gasteiger partial charge in [0.15, 0.2) is 0 Å². The highest BCUT2D eigenvalue weighted by atomic mass is 16.6. The maximum absolute atomic E-state index is 13.1. The Labute approximate surface area is 174 Å². The van der Waals surface area contributed by atoms with E-state index in [0.717, 1.165) is 38.5 Å². The maximum atomic E-state index is 13.1. The van der Waals surface area contributed by atoms with E-state index in [1.54, 1.807) is 15.9 Å². The summed E-state index contributed by atoms with van der Waals surface area (Å²) < 4.78 is 0. The Morgan fingerprint density at radius 1 is 1.03 bits per heavy atom. The summed E-state index contributed by atoms with van der Waals surface area (Å²) in [5, 5.41) is 11.6. The Morgan fingerprint density at radius 3 is 2.37 bits per heavy atom. The van der Waals surface area contributed by atoms with Gasteiger partial charge in [-0.2, -0.15) is 4.99 Å². The van der Waals surface area contributed by atoms with Crippen LogP contribution in [0.5, 0.6) is 0 Å². The molecule has 30 heavy (non-hydrogen) atoms. The highest BCUT2D eigenvalue weighted by molar-refractivity contribution is 6.06. The van der Waals surface area contributed by atoms with E-state index in [-0.39, 0.29) is 29.1 Å². The molecule has 160 valence electrons. The molecular weight excluding hydrogens is 386 g/mol. The predicted molar refractivity (Wildman–Crippen MR) is 114 cm³/mol. The van der Waals surface area contributed by atoms with Gasteiger partial charge in [0.25, 0.3) is 11.6 Å². The van der Waals surface area contributed by atoms with Crippen LogP contribution >= 0.6 is 0 Å². The van der Waals surface area contributed by atoms with Gasteiger partial charge in [0, 0.05) is 30.8 Å². The van der Waals surface area contributed by atoms with E-state index in [1.807, 2.05) is 0 Å². The molecule has 1 saturated heterocycles. The van der Waals surface area contributed by atoms with E-state index in [0.29, 0.717) is 31.6 Å². The molecule has 1 amide bonds. The van der Waals surface area contributed by atoms with Crippen molar-refractivity contribution in [1.29, 1.82) is 0 Å². The molecule has 4 N–H and O–H groups in total. The van der Waals surface area contributed by atoms with Gasteiger partial charge in [0.05, 0.1) is 10.6 Å². The van der Waals surface area contributed by atoms with E-state index in [1.165, 1.54) is 12.1 Å². The molecule has 2 fully saturated rings. The molecule has 1 aliphatic carbocycles. The number of anilines is 1. The summed E-state index contributed by atoms with van der Waals surface area (Å²) in [5.41, 5.74) is 12.0. The third kappa shape index (κ3) is 3.69. The quantitative estimate of drug-likeness (QED) is 0.575. The fourth-order valence-electron chi connectivity index (χ4n) is 4.73. The van der Waals surface area contributed by atoms with Gasteiger partial charge in [-0.1, -0.05) is 6.42 Å². The van der Waals surface area contributed by atoms with Crippen LogP contribution in [0.3, 0.4) is 0 Å². The number of guanidine groups is 2. The smallest absolute Gasteiger partial charge is 0.272 e. The molecule has 10 heteroatoms. The van der Waals surface area contributed by atoms with Crippen LogP contribution in [0.15, 0.2) is 28.2 Å². The van der Waals surface area contributed by atoms with Gasteiger partial charge < -0.3 is 16.4 Å². The largest absolute Gasteiger partial charge is 0.369 e. The van der Waals surface area contributed by atoms with Crippen LogP contribution in [0, 0.1) is 10.1 Å². The molecule has 0 atom stereocenters. The van der Waals surface area contributed by atoms with Crippen molar-refractivity contribution in [2.24, 2.45) is 21.5 Å². The second-order valence-corrected chi connectivity index (χ2v) is 8.17. The highest BCUT2D eigenvalue weighted by Gasteiger charge is 2.43. The van der Waals surface area contributed by atoms with Crippen molar-refractivity contribution in [2.45, 2.75) is 57.0 Å². The van der Waals surface area contributed by atoms with Gasteiger partial charge in [-0.15, -0.1) is 0 Å². The van der Waals surface area contributed by atoms with E-state index < -0.39 is 10.6 Å². The lowest BCUT2D eigenvalue weighted by Crippen LogP contribution is -2.58. The zero-order valence-corrected chi connectivity index (χ0v) is 16.9. The molecule has 1 aromatic rings. The fraction of sp³-hybridized carbons (Fsp3) is 0.550. The molecule has 3 aliphatic rings. The Bertz CT molecular complexity index is 915. The Morgan fingerprint density at radius 2 is 1.70 bits per heavy atom. The summed E-state index contributed by atoms with van der Waals surface area (Å²) in [4.78, 5) is 36.4. The Balaban J connectivity index is 1.78. The number of carbonyl (C=O) groups excluding carboxylic acids is 1. The Kier molecular flexibility index (Phi) is 5.31. The first kappa shape index (κ1) is 20.1. The second kappa shape index (κ2) is 7.92. The van der Waals surface area contributed by atoms with Crippen LogP contribution in [0.1, 0.15) is 61.7 Å². The summed E-state index contributed by atoms with van der Waals surface area (Å²) in [7, 11) is 0. The molecule has 0 unspecified atom stereocenters. The number of likely N-dealkylation sites (tertiary alicyclic amines) is 1. The van der Waals surface area contributed by atoms with Crippen molar-refractivity contribution in [2.75, 3.05) is 18.0 Å². The van der Waals surface area contributed by atoms with Crippen molar-refractivity contribution >= 4 is 29.2 Å². The van der Waals surface area contributed by atoms with Gasteiger partial charge in [0.2, 0.25) is 11.9 Å². The predicted octanol–water partition coefficient (Wildman–Crippen LogP) is 2.33. The fourth-order valence-corrected chi connectivity index (χ4v) is 4.73. The van der Waals surface area contributed by atoms with Gasteiger partial charge in [-0.3, -0.25) is 19.8 Å². The van der Waals surface area contributed by atoms with Crippen LogP contribution in [0.25, 0.3) is 0 Å². The third-order valence-electron chi connectivity index (χ3n) is 6.11. The number of non-ortho nitro benzene ring substituents is 1. The van der Waals surface area contributed by atoms with E-state index in [2.05, 4.69) is 9.98 Å². The average Bonchev–Trinajstić information content (AvgIpc) is 2.73. The summed E-state index contributed by atoms with van der Waals surface area (Å²) in [6, 6.07) is 4.44. The molecule has 2 aliphatic heterocycles. The van der Waals surface area contributed by atoms with Gasteiger partial charge in [-0.25, -0.2) is 4.99 Å². The first-order valence-electron chi connectivity index (χ1n) is 10.5. The Hall–Kier alpha value is -3.17. The SMILES string of the molecule is NC1=NC2(CCCCC2)N(c2cc(C(=O)N3CCCCC3)cc([N+](=O)[O-])c2)C(N)=N1. The van der Waals surface area contributed by atoms with E-state index >= 15 is 0 Å². The van der Waals surface area contributed by atoms with Crippen molar-refractivity contribution in [1.82, 2.24) is 4.90 Å². The maximum Gasteiger partial charge on any atom is 0.272 e. The first-order valence-corrected chi connectivity index (χ1v) is 10.5. The van der Waals surface area contributed by atoms with Crippen LogP contribution in [-0.2, 0) is 0 Å². The number of nitrogens with zero attached hydrogens (tertiary/aromatic N) is 5. The summed E-state index contributed by atoms with van der Waals surface area (Å²) in [5.74, 6) is 0.0508. The lowest BCUT2D eigenvalue weighted by Gasteiger charge is -2.45. The lowest BCUT2D eigenvalue weighted by molar-refractivity contribution is -0.384. The summed E-state index contributed by atoms with van der Waals surface area (Å²) in [6.07, 6.45) is 7.35. The van der Waals surface area contributed by atoms with Crippen LogP contribution in [-0.4, -0.2) is 46.4 Å². The minimum atomic E-state index is -0.727. The number of piperidine rings is 1. The molecule has 2 heterocycles. The zero-order valence-electron chi connectivity index (χ0n) is 16.9. The third-order valence-corrected chi connectivity index (χ3v) is 6.11. The minimum absolute atomic E-state index is 0.112. The number of nitrogens with two attached hydrogens (primary N) is 2. The van der Waals surface area contributed by atoms with Crippen LogP contribution < -0.4 is 16.4 Å². The number of hydrogen-bond acceptors (Lipinski definition) is 8. The number of carbonyl (C=O) groups is 1. The van der Waals surface area contributed by atoms with Crippen molar-refractivity contribution < 1.29 is 9.72 Å². The molecule has 1 spiro atoms. The van der Waals surface area contributed by atoms with Gasteiger partial charge in [-0.05, 0) is 51.0 Å². The number of aliphatic imine (C=N–C) groups is 2. The van der Waals surface area contributed by atoms with E-state index in [4.69, 9.17) is 11.5 Å². The zero-order chi connectivity index (χ0) is 21.3. The molecular formula is C20H27N7O3. The molecule has 0 bridgehead atoms. The van der Waals surface area contributed by atoms with Crippen LogP contribution in [0.4, 0.5) is 11.4 Å². The highest BCUT2D eigenvalue weighted by Crippen LogP contribution is 2.40. The van der Waals surface area contributed by atoms with Crippen molar-refractivity contribution in [3.63, 3.8) is 0 Å². The summed E-state index contributed by atoms with van der Waals surface area (Å²) in [6.45, 7) is 1.32. The van der Waals surface area contributed by atoms with Gasteiger partial charge >= 0.3 is 0 Å². The molecule has 0 radical (unpaired) electrons. The molecule has 10 nitrogen and oxygen atoms in total. The number of rotatable bonds is 3. The van der Waals surface area contributed by atoms with Crippen molar-refractivity contribution in [3.8, 4) is 0 Å². The number of amides is 1. The van der Waals surface area contributed by atoms with Crippen LogP contribution in [0.2, 0.25) is 0 Å². The topological polar surface area (TPSA) is 143 Å². The first-order chi connectivity index (χ1) is 14.4. The number of nitro benzene ring substituents is 1. The lowest BCUT2D eigenvalue weighted by atomic mass is 9.87. The molecule has 4 rings (SSSR count). The average molecular weight is 413 g/mol. The standard InChI is InChI=1S/C20H27N7O3/c21-18-23-19(22)26(20(24-18)7-3-1-4-8-20)15-11-14(12-16(13-15)27(29)30)17(28)25-9-5-2-6-10-25/h11-13H,1-10H2,(H4,21,22,23,24). The number of hydrogen-bond donors (Lipinski definition) is 2. The molecule has 1 aromatic carbocycles. The molecule has 1 saturated carbocycles. The van der Waals surface area contributed by atoms with Crippen molar-refractivity contribution in [3.05, 3.63) is 33.9 Å². The van der Waals surface area contributed by atoms with Gasteiger partial charge in [0.1, 0.15) is 5.66 Å².